The second-order valence-corrected chi connectivity index (χ2v) is 8.77. The van der Waals surface area contributed by atoms with Crippen molar-refractivity contribution in [3.8, 4) is 0 Å². The zero-order valence-corrected chi connectivity index (χ0v) is 18.8. The lowest BCUT2D eigenvalue weighted by Gasteiger charge is -2.18. The molecule has 0 saturated carbocycles. The number of likely N-dealkylation sites (N-methyl/N-ethyl adjacent to an activating group) is 1. The van der Waals surface area contributed by atoms with Gasteiger partial charge in [-0.15, -0.1) is 0 Å². The van der Waals surface area contributed by atoms with Crippen LogP contribution >= 0.6 is 11.8 Å². The van der Waals surface area contributed by atoms with E-state index in [-0.39, 0.29) is 11.8 Å². The number of aliphatic imine (C=N–C) groups is 1. The molecule has 0 spiro atoms. The number of carbonyl (C=O) groups is 2. The van der Waals surface area contributed by atoms with Gasteiger partial charge < -0.3 is 4.90 Å². The molecule has 158 valence electrons. The predicted molar refractivity (Wildman–Crippen MR) is 131 cm³/mol. The van der Waals surface area contributed by atoms with Crippen LogP contribution in [-0.4, -0.2) is 24.0 Å². The molecule has 6 heteroatoms. The van der Waals surface area contributed by atoms with E-state index >= 15 is 0 Å². The van der Waals surface area contributed by atoms with Crippen molar-refractivity contribution < 1.29 is 9.59 Å². The minimum Gasteiger partial charge on any atom is -0.311 e. The third-order valence-corrected chi connectivity index (χ3v) is 6.79. The fraction of sp³-hybridized carbons (Fsp3) is 0.115. The van der Waals surface area contributed by atoms with E-state index in [0.29, 0.717) is 15.6 Å². The van der Waals surface area contributed by atoms with E-state index in [1.165, 1.54) is 11.8 Å². The molecule has 0 atom stereocenters. The monoisotopic (exact) mass is 439 g/mol. The number of hydrogen-bond donors (Lipinski definition) is 0. The molecule has 0 radical (unpaired) electrons. The van der Waals surface area contributed by atoms with Gasteiger partial charge in [-0.3, -0.25) is 14.5 Å². The summed E-state index contributed by atoms with van der Waals surface area (Å²) in [5, 5.41) is 0.543. The summed E-state index contributed by atoms with van der Waals surface area (Å²) in [5.41, 5.74) is 5.55. The molecule has 0 aromatic heterocycles. The van der Waals surface area contributed by atoms with Crippen molar-refractivity contribution in [2.24, 2.45) is 4.99 Å². The average Bonchev–Trinajstić information content (AvgIpc) is 3.23. The Morgan fingerprint density at radius 2 is 1.38 bits per heavy atom. The Bertz CT molecular complexity index is 1340. The molecule has 2 aliphatic rings. The van der Waals surface area contributed by atoms with Crippen molar-refractivity contribution in [2.45, 2.75) is 13.8 Å². The van der Waals surface area contributed by atoms with E-state index in [1.54, 1.807) is 16.8 Å². The normalized spacial score (nSPS) is 19.3. The van der Waals surface area contributed by atoms with Gasteiger partial charge in [0.1, 0.15) is 0 Å². The molecule has 0 unspecified atom stereocenters. The van der Waals surface area contributed by atoms with Crippen molar-refractivity contribution in [2.75, 3.05) is 16.8 Å². The maximum absolute atomic E-state index is 13.8. The number of amides is 2. The van der Waals surface area contributed by atoms with E-state index < -0.39 is 0 Å². The van der Waals surface area contributed by atoms with Crippen LogP contribution in [0.2, 0.25) is 0 Å². The van der Waals surface area contributed by atoms with Gasteiger partial charge in [-0.2, -0.15) is 0 Å². The van der Waals surface area contributed by atoms with Gasteiger partial charge in [-0.05, 0) is 54.9 Å². The van der Waals surface area contributed by atoms with Crippen molar-refractivity contribution in [1.29, 1.82) is 0 Å². The Hall–Kier alpha value is -3.64. The zero-order chi connectivity index (χ0) is 22.4. The van der Waals surface area contributed by atoms with E-state index in [2.05, 4.69) is 0 Å². The number of rotatable bonds is 2. The third-order valence-electron chi connectivity index (χ3n) is 5.75. The van der Waals surface area contributed by atoms with Crippen LogP contribution in [0.1, 0.15) is 16.7 Å². The Morgan fingerprint density at radius 1 is 0.750 bits per heavy atom. The molecule has 2 amide bonds. The maximum Gasteiger partial charge on any atom is 0.272 e. The molecule has 2 aliphatic heterocycles. The summed E-state index contributed by atoms with van der Waals surface area (Å²) in [4.78, 5) is 35.4. The Balaban J connectivity index is 1.73. The second-order valence-electron chi connectivity index (χ2n) is 7.80. The molecular weight excluding hydrogens is 418 g/mol. The number of aryl methyl sites for hydroxylation is 2. The molecule has 3 aromatic rings. The summed E-state index contributed by atoms with van der Waals surface area (Å²) in [5.74, 6) is -0.408. The number of benzene rings is 3. The van der Waals surface area contributed by atoms with Crippen molar-refractivity contribution in [3.05, 3.63) is 94.4 Å². The number of carbonyl (C=O) groups excluding carboxylic acids is 2. The van der Waals surface area contributed by atoms with Gasteiger partial charge in [0, 0.05) is 12.6 Å². The summed E-state index contributed by atoms with van der Waals surface area (Å²) >= 11 is 1.26. The standard InChI is InChI=1S/C26H21N3O2S/c1-16-10-4-7-13-19(16)27-26-29(20-14-8-5-11-17(20)2)25(31)23(32-26)22-18-12-6-9-15-21(18)28(3)24(22)30/h4-15H,1-3H3/b23-22+,27-26?. The van der Waals surface area contributed by atoms with Crippen molar-refractivity contribution >= 4 is 51.4 Å². The van der Waals surface area contributed by atoms with Gasteiger partial charge in [0.2, 0.25) is 0 Å². The van der Waals surface area contributed by atoms with Crippen LogP contribution < -0.4 is 9.80 Å². The predicted octanol–water partition coefficient (Wildman–Crippen LogP) is 5.46. The van der Waals surface area contributed by atoms with Crippen LogP contribution in [0.15, 0.2) is 82.7 Å². The second kappa shape index (κ2) is 7.80. The number of anilines is 2. The smallest absolute Gasteiger partial charge is 0.272 e. The lowest BCUT2D eigenvalue weighted by molar-refractivity contribution is -0.115. The summed E-state index contributed by atoms with van der Waals surface area (Å²) in [6, 6.07) is 23.1. The minimum absolute atomic E-state index is 0.177. The molecule has 0 aliphatic carbocycles. The molecule has 1 fully saturated rings. The van der Waals surface area contributed by atoms with Gasteiger partial charge in [0.05, 0.1) is 27.5 Å². The van der Waals surface area contributed by atoms with E-state index in [9.17, 15) is 9.59 Å². The third kappa shape index (κ3) is 3.15. The lowest BCUT2D eigenvalue weighted by Crippen LogP contribution is -2.30. The largest absolute Gasteiger partial charge is 0.311 e. The Labute approximate surface area is 191 Å². The fourth-order valence-corrected chi connectivity index (χ4v) is 5.08. The highest BCUT2D eigenvalue weighted by Crippen LogP contribution is 2.46. The number of nitrogens with zero attached hydrogens (tertiary/aromatic N) is 3. The van der Waals surface area contributed by atoms with Gasteiger partial charge in [-0.1, -0.05) is 54.6 Å². The quantitative estimate of drug-likeness (QED) is 0.498. The van der Waals surface area contributed by atoms with Crippen LogP contribution in [0.4, 0.5) is 17.1 Å². The number of hydrogen-bond acceptors (Lipinski definition) is 4. The van der Waals surface area contributed by atoms with Crippen LogP contribution in [0.25, 0.3) is 5.57 Å². The summed E-state index contributed by atoms with van der Waals surface area (Å²) in [6.45, 7) is 3.96. The first-order valence-corrected chi connectivity index (χ1v) is 11.1. The van der Waals surface area contributed by atoms with Crippen LogP contribution in [0.5, 0.6) is 0 Å². The Morgan fingerprint density at radius 3 is 2.09 bits per heavy atom. The first-order valence-electron chi connectivity index (χ1n) is 10.3. The highest BCUT2D eigenvalue weighted by molar-refractivity contribution is 8.19. The van der Waals surface area contributed by atoms with Gasteiger partial charge in [0.15, 0.2) is 5.17 Å². The van der Waals surface area contributed by atoms with Crippen molar-refractivity contribution in [3.63, 3.8) is 0 Å². The number of thioether (sulfide) groups is 1. The first-order chi connectivity index (χ1) is 15.5. The van der Waals surface area contributed by atoms with Crippen LogP contribution in [-0.2, 0) is 9.59 Å². The first kappa shape index (κ1) is 20.3. The maximum atomic E-state index is 13.8. The van der Waals surface area contributed by atoms with Gasteiger partial charge >= 0.3 is 0 Å². The lowest BCUT2D eigenvalue weighted by atomic mass is 10.1. The van der Waals surface area contributed by atoms with Gasteiger partial charge in [0.25, 0.3) is 11.8 Å². The van der Waals surface area contributed by atoms with Crippen LogP contribution in [0.3, 0.4) is 0 Å². The summed E-state index contributed by atoms with van der Waals surface area (Å²) in [6.07, 6.45) is 0. The van der Waals surface area contributed by atoms with Gasteiger partial charge in [-0.25, -0.2) is 4.99 Å². The van der Waals surface area contributed by atoms with E-state index in [1.807, 2.05) is 86.6 Å². The minimum atomic E-state index is -0.231. The highest BCUT2D eigenvalue weighted by Gasteiger charge is 2.42. The van der Waals surface area contributed by atoms with E-state index in [4.69, 9.17) is 4.99 Å². The highest BCUT2D eigenvalue weighted by atomic mass is 32.2. The topological polar surface area (TPSA) is 53.0 Å². The SMILES string of the molecule is Cc1ccccc1N=C1S/C(=C2/C(=O)N(C)c3ccccc32)C(=O)N1c1ccccc1C. The number of fused-ring (bicyclic) bond motifs is 1. The molecule has 32 heavy (non-hydrogen) atoms. The molecule has 0 bridgehead atoms. The van der Waals surface area contributed by atoms with E-state index in [0.717, 1.165) is 33.8 Å². The molecule has 3 aromatic carbocycles. The molecule has 5 rings (SSSR count). The number of para-hydroxylation sites is 3. The summed E-state index contributed by atoms with van der Waals surface area (Å²) in [7, 11) is 1.74. The summed E-state index contributed by atoms with van der Waals surface area (Å²) < 4.78 is 0. The van der Waals surface area contributed by atoms with Crippen LogP contribution in [0, 0.1) is 13.8 Å². The molecule has 5 nitrogen and oxygen atoms in total. The van der Waals surface area contributed by atoms with Crippen molar-refractivity contribution in [1.82, 2.24) is 0 Å². The zero-order valence-electron chi connectivity index (χ0n) is 18.0. The molecule has 0 N–H and O–H groups in total. The number of amidine groups is 1. The fourth-order valence-electron chi connectivity index (χ4n) is 4.01. The molecule has 1 saturated heterocycles. The molecule has 2 heterocycles. The molecular formula is C26H21N3O2S. The Kier molecular flexibility index (Phi) is 4.94. The average molecular weight is 440 g/mol.